The van der Waals surface area contributed by atoms with Crippen LogP contribution in [0.4, 0.5) is 0 Å². The van der Waals surface area contributed by atoms with E-state index < -0.39 is 0 Å². The Morgan fingerprint density at radius 2 is 2.12 bits per heavy atom. The Bertz CT molecular complexity index is 526. The summed E-state index contributed by atoms with van der Waals surface area (Å²) in [4.78, 5) is 7.13. The molecule has 2 aromatic heterocycles. The minimum Gasteiger partial charge on any atom is -0.307 e. The van der Waals surface area contributed by atoms with Crippen molar-refractivity contribution >= 4 is 21.6 Å². The highest BCUT2D eigenvalue weighted by Gasteiger charge is 2.20. The zero-order chi connectivity index (χ0) is 11.8. The molecule has 0 saturated carbocycles. The monoisotopic (exact) mass is 293 g/mol. The van der Waals surface area contributed by atoms with E-state index in [9.17, 15) is 0 Å². The highest BCUT2D eigenvalue weighted by Crippen LogP contribution is 2.27. The van der Waals surface area contributed by atoms with Crippen molar-refractivity contribution < 1.29 is 0 Å². The van der Waals surface area contributed by atoms with E-state index in [1.807, 2.05) is 6.07 Å². The topological polar surface area (TPSA) is 20.5 Å². The van der Waals surface area contributed by atoms with Gasteiger partial charge in [0.25, 0.3) is 0 Å². The number of hydrogen-bond acceptors (Lipinski definition) is 2. The maximum Gasteiger partial charge on any atom is 0.138 e. The number of hydrogen-bond donors (Lipinski definition) is 0. The molecule has 0 bridgehead atoms. The quantitative estimate of drug-likeness (QED) is 0.806. The minimum atomic E-state index is 0.630. The Labute approximate surface area is 110 Å². The molecule has 1 aliphatic rings. The van der Waals surface area contributed by atoms with Gasteiger partial charge in [0.2, 0.25) is 0 Å². The molecule has 0 amide bonds. The molecule has 0 radical (unpaired) electrons. The number of piperidine rings is 1. The molecular formula is C13H16BrN3. The van der Waals surface area contributed by atoms with Gasteiger partial charge in [-0.1, -0.05) is 15.9 Å². The van der Waals surface area contributed by atoms with Gasteiger partial charge in [-0.15, -0.1) is 0 Å². The third-order valence-corrected chi connectivity index (χ3v) is 4.07. The van der Waals surface area contributed by atoms with Crippen molar-refractivity contribution in [2.45, 2.75) is 18.8 Å². The number of nitrogens with zero attached hydrogens (tertiary/aromatic N) is 3. The van der Waals surface area contributed by atoms with Crippen molar-refractivity contribution in [3.63, 3.8) is 0 Å². The third kappa shape index (κ3) is 2.24. The van der Waals surface area contributed by atoms with Crippen molar-refractivity contribution in [2.75, 3.05) is 20.1 Å². The second-order valence-electron chi connectivity index (χ2n) is 4.85. The summed E-state index contributed by atoms with van der Waals surface area (Å²) >= 11 is 3.49. The van der Waals surface area contributed by atoms with Gasteiger partial charge >= 0.3 is 0 Å². The summed E-state index contributed by atoms with van der Waals surface area (Å²) in [6.07, 6.45) is 6.69. The summed E-state index contributed by atoms with van der Waals surface area (Å²) in [5.74, 6) is 0.630. The molecule has 0 aromatic carbocycles. The average Bonchev–Trinajstić information content (AvgIpc) is 2.72. The summed E-state index contributed by atoms with van der Waals surface area (Å²) in [6, 6.07) is 4.12. The highest BCUT2D eigenvalue weighted by atomic mass is 79.9. The molecule has 1 saturated heterocycles. The molecule has 0 N–H and O–H groups in total. The number of halogens is 1. The molecule has 1 fully saturated rings. The molecule has 0 unspecified atom stereocenters. The first-order valence-corrected chi connectivity index (χ1v) is 6.84. The van der Waals surface area contributed by atoms with Gasteiger partial charge in [0.1, 0.15) is 5.65 Å². The van der Waals surface area contributed by atoms with Crippen molar-refractivity contribution in [2.24, 2.45) is 0 Å². The van der Waals surface area contributed by atoms with E-state index >= 15 is 0 Å². The zero-order valence-electron chi connectivity index (χ0n) is 9.93. The van der Waals surface area contributed by atoms with Crippen LogP contribution in [-0.4, -0.2) is 34.4 Å². The first-order chi connectivity index (χ1) is 8.22. The van der Waals surface area contributed by atoms with Crippen molar-refractivity contribution in [1.82, 2.24) is 14.3 Å². The summed E-state index contributed by atoms with van der Waals surface area (Å²) in [5.41, 5.74) is 2.28. The lowest BCUT2D eigenvalue weighted by molar-refractivity contribution is 0.253. The van der Waals surface area contributed by atoms with E-state index in [-0.39, 0.29) is 0 Å². The Balaban J connectivity index is 1.90. The molecule has 0 atom stereocenters. The fourth-order valence-corrected chi connectivity index (χ4v) is 2.80. The number of pyridine rings is 1. The van der Waals surface area contributed by atoms with Gasteiger partial charge in [-0.3, -0.25) is 0 Å². The summed E-state index contributed by atoms with van der Waals surface area (Å²) in [7, 11) is 2.19. The molecule has 0 spiro atoms. The maximum atomic E-state index is 4.74. The van der Waals surface area contributed by atoms with Gasteiger partial charge in [0.15, 0.2) is 0 Å². The fraction of sp³-hybridized carbons (Fsp3) is 0.462. The molecule has 3 nitrogen and oxygen atoms in total. The second-order valence-corrected chi connectivity index (χ2v) is 5.77. The van der Waals surface area contributed by atoms with Crippen LogP contribution in [0.25, 0.3) is 5.65 Å². The lowest BCUT2D eigenvalue weighted by Gasteiger charge is -2.27. The van der Waals surface area contributed by atoms with Gasteiger partial charge in [0.05, 0.1) is 5.69 Å². The van der Waals surface area contributed by atoms with E-state index in [2.05, 4.69) is 50.7 Å². The van der Waals surface area contributed by atoms with Gasteiger partial charge in [-0.05, 0) is 45.1 Å². The number of likely N-dealkylation sites (tertiary alicyclic amines) is 1. The van der Waals surface area contributed by atoms with Gasteiger partial charge in [-0.2, -0.15) is 0 Å². The second kappa shape index (κ2) is 4.42. The SMILES string of the molecule is CN1CCC(c2cn3ccc(Br)cc3n2)CC1. The van der Waals surface area contributed by atoms with Gasteiger partial charge in [-0.25, -0.2) is 4.98 Å². The van der Waals surface area contributed by atoms with Crippen LogP contribution in [0.2, 0.25) is 0 Å². The zero-order valence-corrected chi connectivity index (χ0v) is 11.5. The van der Waals surface area contributed by atoms with Crippen LogP contribution in [0.5, 0.6) is 0 Å². The van der Waals surface area contributed by atoms with Crippen LogP contribution in [0.1, 0.15) is 24.5 Å². The standard InChI is InChI=1S/C13H16BrN3/c1-16-5-2-10(3-6-16)12-9-17-7-4-11(14)8-13(17)15-12/h4,7-10H,2-3,5-6H2,1H3. The molecule has 2 aromatic rings. The summed E-state index contributed by atoms with van der Waals surface area (Å²) < 4.78 is 3.20. The van der Waals surface area contributed by atoms with Crippen LogP contribution in [0, 0.1) is 0 Å². The van der Waals surface area contributed by atoms with E-state index in [1.54, 1.807) is 0 Å². The molecular weight excluding hydrogens is 278 g/mol. The highest BCUT2D eigenvalue weighted by molar-refractivity contribution is 9.10. The van der Waals surface area contributed by atoms with E-state index in [0.717, 1.165) is 10.1 Å². The summed E-state index contributed by atoms with van der Waals surface area (Å²) in [6.45, 7) is 2.37. The van der Waals surface area contributed by atoms with Crippen LogP contribution in [-0.2, 0) is 0 Å². The van der Waals surface area contributed by atoms with Gasteiger partial charge in [0, 0.05) is 22.8 Å². The third-order valence-electron chi connectivity index (χ3n) is 3.58. The maximum absolute atomic E-state index is 4.74. The number of aromatic nitrogens is 2. The number of fused-ring (bicyclic) bond motifs is 1. The van der Waals surface area contributed by atoms with Gasteiger partial charge < -0.3 is 9.30 Å². The Morgan fingerprint density at radius 3 is 2.88 bits per heavy atom. The average molecular weight is 294 g/mol. The molecule has 0 aliphatic carbocycles. The minimum absolute atomic E-state index is 0.630. The lowest BCUT2D eigenvalue weighted by Crippen LogP contribution is -2.29. The van der Waals surface area contributed by atoms with Crippen LogP contribution in [0.3, 0.4) is 0 Å². The normalized spacial score (nSPS) is 18.9. The lowest BCUT2D eigenvalue weighted by atomic mass is 9.94. The predicted molar refractivity (Wildman–Crippen MR) is 72.4 cm³/mol. The first-order valence-electron chi connectivity index (χ1n) is 6.05. The largest absolute Gasteiger partial charge is 0.307 e. The smallest absolute Gasteiger partial charge is 0.138 e. The first kappa shape index (κ1) is 11.2. The van der Waals surface area contributed by atoms with Crippen LogP contribution >= 0.6 is 15.9 Å². The van der Waals surface area contributed by atoms with E-state index in [4.69, 9.17) is 4.98 Å². The summed E-state index contributed by atoms with van der Waals surface area (Å²) in [5, 5.41) is 0. The molecule has 3 heterocycles. The van der Waals surface area contributed by atoms with E-state index in [0.29, 0.717) is 5.92 Å². The predicted octanol–water partition coefficient (Wildman–Crippen LogP) is 2.91. The number of rotatable bonds is 1. The van der Waals surface area contributed by atoms with Crippen LogP contribution in [0.15, 0.2) is 29.0 Å². The molecule has 3 rings (SSSR count). The van der Waals surface area contributed by atoms with Crippen molar-refractivity contribution in [3.8, 4) is 0 Å². The Kier molecular flexibility index (Phi) is 2.92. The fourth-order valence-electron chi connectivity index (χ4n) is 2.48. The molecule has 17 heavy (non-hydrogen) atoms. The van der Waals surface area contributed by atoms with E-state index in [1.165, 1.54) is 31.6 Å². The molecule has 90 valence electrons. The molecule has 1 aliphatic heterocycles. The van der Waals surface area contributed by atoms with Crippen LogP contribution < -0.4 is 0 Å². The van der Waals surface area contributed by atoms with Crippen molar-refractivity contribution in [3.05, 3.63) is 34.7 Å². The number of imidazole rings is 1. The Morgan fingerprint density at radius 1 is 1.35 bits per heavy atom. The Hall–Kier alpha value is -0.870. The molecule has 4 heteroatoms. The van der Waals surface area contributed by atoms with Crippen molar-refractivity contribution in [1.29, 1.82) is 0 Å².